The van der Waals surface area contributed by atoms with Gasteiger partial charge in [0, 0.05) is 11.2 Å². The molecular formula is C13H10ClNO2S. The Bertz CT molecular complexity index is 649. The van der Waals surface area contributed by atoms with Gasteiger partial charge in [0.15, 0.2) is 0 Å². The highest BCUT2D eigenvalue weighted by Crippen LogP contribution is 2.16. The quantitative estimate of drug-likeness (QED) is 0.810. The summed E-state index contributed by atoms with van der Waals surface area (Å²) in [6.45, 7) is 0. The Hall–Kier alpha value is -1.65. The van der Waals surface area contributed by atoms with Crippen molar-refractivity contribution < 1.29 is 8.42 Å². The van der Waals surface area contributed by atoms with E-state index in [2.05, 4.69) is 4.40 Å². The summed E-state index contributed by atoms with van der Waals surface area (Å²) in [4.78, 5) is 0.124. The van der Waals surface area contributed by atoms with Gasteiger partial charge in [0.25, 0.3) is 10.0 Å². The third kappa shape index (κ3) is 3.18. The highest BCUT2D eigenvalue weighted by Gasteiger charge is 2.10. The van der Waals surface area contributed by atoms with E-state index in [9.17, 15) is 8.42 Å². The summed E-state index contributed by atoms with van der Waals surface area (Å²) in [5.74, 6) is 0. The first-order valence-electron chi connectivity index (χ1n) is 5.19. The molecule has 5 heteroatoms. The van der Waals surface area contributed by atoms with Crippen LogP contribution >= 0.6 is 11.6 Å². The van der Waals surface area contributed by atoms with E-state index >= 15 is 0 Å². The van der Waals surface area contributed by atoms with Gasteiger partial charge < -0.3 is 0 Å². The zero-order valence-corrected chi connectivity index (χ0v) is 10.9. The topological polar surface area (TPSA) is 46.5 Å². The second-order valence-electron chi connectivity index (χ2n) is 3.57. The van der Waals surface area contributed by atoms with Gasteiger partial charge in [-0.25, -0.2) is 0 Å². The summed E-state index contributed by atoms with van der Waals surface area (Å²) in [7, 11) is -3.66. The van der Waals surface area contributed by atoms with Crippen molar-refractivity contribution in [3.8, 4) is 0 Å². The van der Waals surface area contributed by atoms with E-state index in [0.29, 0.717) is 5.02 Å². The van der Waals surface area contributed by atoms with Crippen molar-refractivity contribution >= 4 is 27.8 Å². The fourth-order valence-corrected chi connectivity index (χ4v) is 2.32. The molecule has 0 aliphatic carbocycles. The first-order valence-corrected chi connectivity index (χ1v) is 7.01. The van der Waals surface area contributed by atoms with E-state index in [1.807, 2.05) is 18.2 Å². The highest BCUT2D eigenvalue weighted by atomic mass is 35.5. The third-order valence-corrected chi connectivity index (χ3v) is 3.75. The maximum Gasteiger partial charge on any atom is 0.282 e. The summed E-state index contributed by atoms with van der Waals surface area (Å²) >= 11 is 5.70. The molecule has 0 saturated carbocycles. The molecule has 0 saturated heterocycles. The van der Waals surface area contributed by atoms with Crippen LogP contribution in [0, 0.1) is 0 Å². The lowest BCUT2D eigenvalue weighted by Gasteiger charge is -1.98. The normalized spacial score (nSPS) is 11.8. The van der Waals surface area contributed by atoms with Crippen LogP contribution in [0.5, 0.6) is 0 Å². The zero-order chi connectivity index (χ0) is 13.0. The molecular weight excluding hydrogens is 270 g/mol. The van der Waals surface area contributed by atoms with Crippen LogP contribution < -0.4 is 0 Å². The van der Waals surface area contributed by atoms with Crippen molar-refractivity contribution in [2.75, 3.05) is 0 Å². The smallest absolute Gasteiger partial charge is 0.199 e. The van der Waals surface area contributed by atoms with E-state index in [0.717, 1.165) is 5.56 Å². The molecule has 0 aliphatic heterocycles. The summed E-state index contributed by atoms with van der Waals surface area (Å²) in [6.07, 6.45) is 1.32. The van der Waals surface area contributed by atoms with Gasteiger partial charge in [-0.1, -0.05) is 41.9 Å². The number of sulfonamides is 1. The minimum atomic E-state index is -3.66. The molecule has 0 aliphatic rings. The Labute approximate surface area is 111 Å². The Morgan fingerprint density at radius 3 is 2.17 bits per heavy atom. The van der Waals surface area contributed by atoms with Crippen LogP contribution in [0.25, 0.3) is 0 Å². The monoisotopic (exact) mass is 279 g/mol. The summed E-state index contributed by atoms with van der Waals surface area (Å²) in [5.41, 5.74) is 0.732. The van der Waals surface area contributed by atoms with Gasteiger partial charge in [-0.3, -0.25) is 0 Å². The highest BCUT2D eigenvalue weighted by molar-refractivity contribution is 7.90. The fraction of sp³-hybridized carbons (Fsp3) is 0. The SMILES string of the molecule is O=S(=O)(N=Cc1ccccc1)c1ccc(Cl)cc1. The Morgan fingerprint density at radius 1 is 0.944 bits per heavy atom. The molecule has 0 fully saturated rings. The average Bonchev–Trinajstić information content (AvgIpc) is 2.38. The molecule has 3 nitrogen and oxygen atoms in total. The molecule has 0 radical (unpaired) electrons. The lowest BCUT2D eigenvalue weighted by Crippen LogP contribution is -1.97. The summed E-state index contributed by atoms with van der Waals surface area (Å²) in [6, 6.07) is 14.9. The molecule has 0 spiro atoms. The lowest BCUT2D eigenvalue weighted by molar-refractivity contribution is 0.598. The van der Waals surface area contributed by atoms with Crippen LogP contribution in [0.3, 0.4) is 0 Å². The van der Waals surface area contributed by atoms with Crippen molar-refractivity contribution in [1.82, 2.24) is 0 Å². The standard InChI is InChI=1S/C13H10ClNO2S/c14-12-6-8-13(9-7-12)18(16,17)15-10-11-4-2-1-3-5-11/h1-10H. The second-order valence-corrected chi connectivity index (χ2v) is 5.64. The van der Waals surface area contributed by atoms with Crippen LogP contribution in [0.1, 0.15) is 5.56 Å². The van der Waals surface area contributed by atoms with Gasteiger partial charge in [-0.05, 0) is 29.8 Å². The minimum absolute atomic E-state index is 0.124. The van der Waals surface area contributed by atoms with Crippen molar-refractivity contribution in [1.29, 1.82) is 0 Å². The van der Waals surface area contributed by atoms with Gasteiger partial charge in [0.1, 0.15) is 0 Å². The van der Waals surface area contributed by atoms with Crippen molar-refractivity contribution in [3.63, 3.8) is 0 Å². The van der Waals surface area contributed by atoms with Crippen molar-refractivity contribution in [2.45, 2.75) is 4.90 Å². The van der Waals surface area contributed by atoms with Crippen LogP contribution in [0.15, 0.2) is 63.9 Å². The predicted octanol–water partition coefficient (Wildman–Crippen LogP) is 3.15. The lowest BCUT2D eigenvalue weighted by atomic mass is 10.2. The van der Waals surface area contributed by atoms with Crippen LogP contribution in [-0.4, -0.2) is 14.6 Å². The molecule has 0 N–H and O–H groups in total. The van der Waals surface area contributed by atoms with Crippen LogP contribution in [0.2, 0.25) is 5.02 Å². The molecule has 2 aromatic carbocycles. The largest absolute Gasteiger partial charge is 0.282 e. The Kier molecular flexibility index (Phi) is 3.79. The first-order chi connectivity index (χ1) is 8.58. The predicted molar refractivity (Wildman–Crippen MR) is 72.7 cm³/mol. The zero-order valence-electron chi connectivity index (χ0n) is 9.32. The van der Waals surface area contributed by atoms with E-state index in [-0.39, 0.29) is 4.90 Å². The third-order valence-electron chi connectivity index (χ3n) is 2.25. The number of hydrogen-bond acceptors (Lipinski definition) is 2. The van der Waals surface area contributed by atoms with Crippen LogP contribution in [0.4, 0.5) is 0 Å². The second kappa shape index (κ2) is 5.33. The number of benzene rings is 2. The average molecular weight is 280 g/mol. The number of rotatable bonds is 3. The summed E-state index contributed by atoms with van der Waals surface area (Å²) < 4.78 is 27.4. The molecule has 2 aromatic rings. The van der Waals surface area contributed by atoms with Crippen molar-refractivity contribution in [3.05, 3.63) is 65.2 Å². The molecule has 0 atom stereocenters. The summed E-state index contributed by atoms with van der Waals surface area (Å²) in [5, 5.41) is 0.487. The van der Waals surface area contributed by atoms with E-state index in [4.69, 9.17) is 11.6 Å². The molecule has 0 unspecified atom stereocenters. The van der Waals surface area contributed by atoms with Gasteiger partial charge >= 0.3 is 0 Å². The fourth-order valence-electron chi connectivity index (χ4n) is 1.34. The number of nitrogens with zero attached hydrogens (tertiary/aromatic N) is 1. The number of halogens is 1. The maximum atomic E-state index is 11.9. The molecule has 0 amide bonds. The van der Waals surface area contributed by atoms with Gasteiger partial charge in [-0.2, -0.15) is 12.8 Å². The van der Waals surface area contributed by atoms with Gasteiger partial charge in [-0.15, -0.1) is 0 Å². The molecule has 0 aromatic heterocycles. The molecule has 2 rings (SSSR count). The van der Waals surface area contributed by atoms with Crippen LogP contribution in [-0.2, 0) is 10.0 Å². The van der Waals surface area contributed by atoms with E-state index in [1.165, 1.54) is 30.5 Å². The molecule has 18 heavy (non-hydrogen) atoms. The molecule has 92 valence electrons. The first kappa shape index (κ1) is 12.8. The van der Waals surface area contributed by atoms with Crippen molar-refractivity contribution in [2.24, 2.45) is 4.40 Å². The maximum absolute atomic E-state index is 11.9. The molecule has 0 bridgehead atoms. The van der Waals surface area contributed by atoms with Gasteiger partial charge in [0.2, 0.25) is 0 Å². The molecule has 0 heterocycles. The Morgan fingerprint density at radius 2 is 1.56 bits per heavy atom. The van der Waals surface area contributed by atoms with Gasteiger partial charge in [0.05, 0.1) is 4.90 Å². The van der Waals surface area contributed by atoms with E-state index < -0.39 is 10.0 Å². The van der Waals surface area contributed by atoms with E-state index in [1.54, 1.807) is 12.1 Å². The number of hydrogen-bond donors (Lipinski definition) is 0. The Balaban J connectivity index is 2.28. The minimum Gasteiger partial charge on any atom is -0.199 e.